The molecule has 0 unspecified atom stereocenters. The highest BCUT2D eigenvalue weighted by molar-refractivity contribution is 7.98. The minimum atomic E-state index is -3.76. The minimum absolute atomic E-state index is 0.270. The average molecular weight is 398 g/mol. The first-order valence-electron chi connectivity index (χ1n) is 8.03. The van der Waals surface area contributed by atoms with Crippen LogP contribution in [0.4, 0.5) is 5.69 Å². The molecule has 2 rings (SSSR count). The summed E-state index contributed by atoms with van der Waals surface area (Å²) in [6, 6.07) is 12.3. The van der Waals surface area contributed by atoms with Crippen LogP contribution in [0.1, 0.15) is 5.76 Å². The molecule has 0 aliphatic rings. The first-order valence-corrected chi connectivity index (χ1v) is 10.6. The fourth-order valence-electron chi connectivity index (χ4n) is 2.11. The summed E-state index contributed by atoms with van der Waals surface area (Å²) in [6.07, 6.45) is 1.63. The van der Waals surface area contributed by atoms with E-state index in [4.69, 9.17) is 4.42 Å². The van der Waals surface area contributed by atoms with Crippen LogP contribution in [0.25, 0.3) is 0 Å². The van der Waals surface area contributed by atoms with Gasteiger partial charge in [-0.05, 0) is 24.3 Å². The number of anilines is 1. The van der Waals surface area contributed by atoms with E-state index in [1.165, 1.54) is 14.1 Å². The van der Waals surface area contributed by atoms with Gasteiger partial charge in [0, 0.05) is 26.4 Å². The van der Waals surface area contributed by atoms with Crippen LogP contribution >= 0.6 is 11.8 Å². The Bertz CT molecular complexity index is 778. The average Bonchev–Trinajstić information content (AvgIpc) is 3.13. The Kier molecular flexibility index (Phi) is 7.55. The molecule has 0 fully saturated rings. The van der Waals surface area contributed by atoms with E-state index in [0.717, 1.165) is 20.1 Å². The molecule has 0 saturated carbocycles. The van der Waals surface area contributed by atoms with Crippen molar-refractivity contribution in [3.05, 3.63) is 54.5 Å². The topological polar surface area (TPSA) is 82.9 Å². The van der Waals surface area contributed by atoms with Crippen molar-refractivity contribution in [2.75, 3.05) is 37.2 Å². The van der Waals surface area contributed by atoms with Gasteiger partial charge in [-0.2, -0.15) is 24.5 Å². The minimum Gasteiger partial charge on any atom is -0.468 e. The van der Waals surface area contributed by atoms with E-state index in [0.29, 0.717) is 18.0 Å². The molecule has 0 saturated heterocycles. The maximum Gasteiger partial charge on any atom is 0.304 e. The first-order chi connectivity index (χ1) is 12.4. The van der Waals surface area contributed by atoms with Crippen molar-refractivity contribution in [1.29, 1.82) is 0 Å². The molecule has 26 heavy (non-hydrogen) atoms. The molecule has 1 aromatic carbocycles. The van der Waals surface area contributed by atoms with Gasteiger partial charge < -0.3 is 9.73 Å². The summed E-state index contributed by atoms with van der Waals surface area (Å²) < 4.78 is 32.5. The number of carbonyl (C=O) groups is 1. The fraction of sp³-hybridized carbons (Fsp3) is 0.353. The van der Waals surface area contributed by atoms with Gasteiger partial charge in [-0.3, -0.25) is 4.79 Å². The van der Waals surface area contributed by atoms with Crippen molar-refractivity contribution in [1.82, 2.24) is 9.62 Å². The molecule has 0 radical (unpaired) electrons. The number of nitrogens with one attached hydrogen (secondary N) is 1. The molecule has 2 aromatic rings. The molecule has 0 aliphatic heterocycles. The molecular weight excluding hydrogens is 374 g/mol. The lowest BCUT2D eigenvalue weighted by molar-refractivity contribution is -0.119. The Morgan fingerprint density at radius 3 is 2.50 bits per heavy atom. The van der Waals surface area contributed by atoms with Crippen LogP contribution in [0, 0.1) is 0 Å². The molecule has 0 spiro atoms. The highest BCUT2D eigenvalue weighted by Crippen LogP contribution is 2.18. The molecule has 1 N–H and O–H groups in total. The van der Waals surface area contributed by atoms with Gasteiger partial charge in [0.25, 0.3) is 0 Å². The van der Waals surface area contributed by atoms with Crippen molar-refractivity contribution in [3.8, 4) is 0 Å². The Morgan fingerprint density at radius 2 is 1.88 bits per heavy atom. The fourth-order valence-corrected chi connectivity index (χ4v) is 3.93. The van der Waals surface area contributed by atoms with Crippen molar-refractivity contribution in [2.45, 2.75) is 5.75 Å². The van der Waals surface area contributed by atoms with E-state index in [1.807, 2.05) is 12.1 Å². The third kappa shape index (κ3) is 5.79. The first kappa shape index (κ1) is 20.3. The van der Waals surface area contributed by atoms with E-state index in [9.17, 15) is 13.2 Å². The third-order valence-corrected chi connectivity index (χ3v) is 6.27. The van der Waals surface area contributed by atoms with E-state index in [-0.39, 0.29) is 12.5 Å². The second kappa shape index (κ2) is 9.65. The summed E-state index contributed by atoms with van der Waals surface area (Å²) in [5, 5.41) is 2.76. The molecule has 0 atom stereocenters. The SMILES string of the molecule is CN(C)S(=O)(=O)N(CC(=O)NCCSCc1ccco1)c1ccccc1. The lowest BCUT2D eigenvalue weighted by Crippen LogP contribution is -2.46. The smallest absolute Gasteiger partial charge is 0.304 e. The normalized spacial score (nSPS) is 11.5. The number of furan rings is 1. The maximum atomic E-state index is 12.5. The molecule has 1 heterocycles. The second-order valence-electron chi connectivity index (χ2n) is 5.61. The van der Waals surface area contributed by atoms with Gasteiger partial charge in [0.1, 0.15) is 12.3 Å². The number of benzene rings is 1. The quantitative estimate of drug-likeness (QED) is 0.620. The van der Waals surface area contributed by atoms with E-state index < -0.39 is 10.2 Å². The number of carbonyl (C=O) groups excluding carboxylic acids is 1. The molecule has 142 valence electrons. The number of rotatable bonds is 10. The van der Waals surface area contributed by atoms with E-state index >= 15 is 0 Å². The monoisotopic (exact) mass is 397 g/mol. The van der Waals surface area contributed by atoms with Crippen LogP contribution in [-0.2, 0) is 20.8 Å². The van der Waals surface area contributed by atoms with E-state index in [2.05, 4.69) is 5.32 Å². The third-order valence-electron chi connectivity index (χ3n) is 3.46. The number of hydrogen-bond acceptors (Lipinski definition) is 5. The summed E-state index contributed by atoms with van der Waals surface area (Å²) in [5.41, 5.74) is 0.448. The molecule has 7 nitrogen and oxygen atoms in total. The zero-order valence-electron chi connectivity index (χ0n) is 14.8. The Labute approximate surface area is 158 Å². The highest BCUT2D eigenvalue weighted by atomic mass is 32.2. The predicted octanol–water partition coefficient (Wildman–Crippen LogP) is 1.94. The highest BCUT2D eigenvalue weighted by Gasteiger charge is 2.26. The van der Waals surface area contributed by atoms with Crippen molar-refractivity contribution >= 4 is 33.6 Å². The number of nitrogens with zero attached hydrogens (tertiary/aromatic N) is 2. The van der Waals surface area contributed by atoms with Crippen molar-refractivity contribution in [2.24, 2.45) is 0 Å². The zero-order chi connectivity index (χ0) is 19.0. The molecule has 1 aromatic heterocycles. The summed E-state index contributed by atoms with van der Waals surface area (Å²) >= 11 is 1.63. The number of thioether (sulfide) groups is 1. The lowest BCUT2D eigenvalue weighted by atomic mass is 10.3. The number of amides is 1. The van der Waals surface area contributed by atoms with Gasteiger partial charge in [-0.1, -0.05) is 18.2 Å². The standard InChI is InChI=1S/C17H23N3O4S2/c1-19(2)26(22,23)20(15-7-4-3-5-8-15)13-17(21)18-10-12-25-14-16-9-6-11-24-16/h3-9,11H,10,12-14H2,1-2H3,(H,18,21). The molecule has 1 amide bonds. The van der Waals surface area contributed by atoms with Crippen LogP contribution in [0.15, 0.2) is 53.1 Å². The summed E-state index contributed by atoms with van der Waals surface area (Å²) in [7, 11) is -0.886. The van der Waals surface area contributed by atoms with Gasteiger partial charge in [-0.15, -0.1) is 0 Å². The molecule has 0 bridgehead atoms. The van der Waals surface area contributed by atoms with Crippen LogP contribution in [0.5, 0.6) is 0 Å². The largest absolute Gasteiger partial charge is 0.468 e. The van der Waals surface area contributed by atoms with Crippen molar-refractivity contribution < 1.29 is 17.6 Å². The van der Waals surface area contributed by atoms with Gasteiger partial charge in [0.2, 0.25) is 5.91 Å². The summed E-state index contributed by atoms with van der Waals surface area (Å²) in [4.78, 5) is 12.2. The van der Waals surface area contributed by atoms with Gasteiger partial charge in [0.05, 0.1) is 17.7 Å². The van der Waals surface area contributed by atoms with E-state index in [1.54, 1.807) is 48.4 Å². The summed E-state index contributed by atoms with van der Waals surface area (Å²) in [5.74, 6) is 1.97. The Balaban J connectivity index is 1.88. The van der Waals surface area contributed by atoms with Gasteiger partial charge in [0.15, 0.2) is 0 Å². The van der Waals surface area contributed by atoms with Gasteiger partial charge in [-0.25, -0.2) is 4.31 Å². The van der Waals surface area contributed by atoms with Crippen LogP contribution < -0.4 is 9.62 Å². The lowest BCUT2D eigenvalue weighted by Gasteiger charge is -2.26. The predicted molar refractivity (Wildman–Crippen MR) is 104 cm³/mol. The van der Waals surface area contributed by atoms with Crippen LogP contribution in [0.2, 0.25) is 0 Å². The van der Waals surface area contributed by atoms with Gasteiger partial charge >= 0.3 is 10.2 Å². The molecule has 9 heteroatoms. The van der Waals surface area contributed by atoms with Crippen molar-refractivity contribution in [3.63, 3.8) is 0 Å². The Hall–Kier alpha value is -1.97. The second-order valence-corrected chi connectivity index (χ2v) is 8.79. The Morgan fingerprint density at radius 1 is 1.15 bits per heavy atom. The molecular formula is C17H23N3O4S2. The zero-order valence-corrected chi connectivity index (χ0v) is 16.4. The van der Waals surface area contributed by atoms with Crippen LogP contribution in [-0.4, -0.2) is 51.6 Å². The molecule has 0 aliphatic carbocycles. The van der Waals surface area contributed by atoms with Crippen LogP contribution in [0.3, 0.4) is 0 Å². The maximum absolute atomic E-state index is 12.5. The summed E-state index contributed by atoms with van der Waals surface area (Å²) in [6.45, 7) is 0.183. The number of para-hydroxylation sites is 1. The number of hydrogen-bond donors (Lipinski definition) is 1.